The van der Waals surface area contributed by atoms with Gasteiger partial charge in [-0.3, -0.25) is 9.78 Å². The van der Waals surface area contributed by atoms with E-state index < -0.39 is 6.04 Å². The van der Waals surface area contributed by atoms with Gasteiger partial charge in [0.15, 0.2) is 0 Å². The highest BCUT2D eigenvalue weighted by Crippen LogP contribution is 2.21. The molecule has 0 saturated carbocycles. The Balaban J connectivity index is 1.70. The van der Waals surface area contributed by atoms with E-state index in [4.69, 9.17) is 5.53 Å². The molecule has 1 aliphatic rings. The zero-order valence-electron chi connectivity index (χ0n) is 13.6. The number of hydrogen-bond donors (Lipinski definition) is 1. The van der Waals surface area contributed by atoms with Gasteiger partial charge in [0.05, 0.1) is 11.6 Å². The summed E-state index contributed by atoms with van der Waals surface area (Å²) in [6, 6.07) is 9.23. The number of Topliss-reactive ketones (excluding diaryl/α,β-unsaturated/α-hetero) is 1. The van der Waals surface area contributed by atoms with Crippen LogP contribution in [0.5, 0.6) is 0 Å². The Kier molecular flexibility index (Phi) is 5.41. The standard InChI is InChI=1S/C18H21N5O/c19-23-22-17(10-13-5-7-20-8-6-13)18(24)11-14-9-15-3-1-2-4-16(15)21-12-14/h1-4,9,12-13,17,20H,5-8,10-11H2/t17-/m0/s1. The number of aromatic nitrogens is 1. The molecule has 2 aromatic rings. The molecule has 1 aromatic heterocycles. The number of pyridine rings is 1. The highest BCUT2D eigenvalue weighted by Gasteiger charge is 2.23. The monoisotopic (exact) mass is 323 g/mol. The summed E-state index contributed by atoms with van der Waals surface area (Å²) < 4.78 is 0. The number of fused-ring (bicyclic) bond motifs is 1. The summed E-state index contributed by atoms with van der Waals surface area (Å²) in [6.07, 6.45) is 4.69. The molecular formula is C18H21N5O. The van der Waals surface area contributed by atoms with Crippen molar-refractivity contribution >= 4 is 16.7 Å². The number of nitrogens with one attached hydrogen (secondary N) is 1. The molecule has 6 nitrogen and oxygen atoms in total. The van der Waals surface area contributed by atoms with Crippen LogP contribution in [0.3, 0.4) is 0 Å². The van der Waals surface area contributed by atoms with Crippen molar-refractivity contribution in [1.82, 2.24) is 10.3 Å². The minimum absolute atomic E-state index is 0.0246. The minimum atomic E-state index is -0.579. The lowest BCUT2D eigenvalue weighted by Gasteiger charge is -2.24. The largest absolute Gasteiger partial charge is 0.317 e. The third-order valence-electron chi connectivity index (χ3n) is 4.60. The van der Waals surface area contributed by atoms with Crippen molar-refractivity contribution < 1.29 is 4.79 Å². The number of azide groups is 1. The molecule has 124 valence electrons. The molecule has 2 heterocycles. The summed E-state index contributed by atoms with van der Waals surface area (Å²) >= 11 is 0. The molecule has 1 N–H and O–H groups in total. The molecule has 0 amide bonds. The number of piperidine rings is 1. The fourth-order valence-corrected chi connectivity index (χ4v) is 3.27. The highest BCUT2D eigenvalue weighted by molar-refractivity contribution is 5.87. The van der Waals surface area contributed by atoms with Crippen LogP contribution in [0.15, 0.2) is 41.6 Å². The van der Waals surface area contributed by atoms with Crippen LogP contribution < -0.4 is 5.32 Å². The van der Waals surface area contributed by atoms with Gasteiger partial charge in [0.2, 0.25) is 0 Å². The first-order chi connectivity index (χ1) is 11.8. The van der Waals surface area contributed by atoms with Crippen LogP contribution in [0, 0.1) is 5.92 Å². The molecule has 3 rings (SSSR count). The van der Waals surface area contributed by atoms with E-state index in [0.717, 1.165) is 42.4 Å². The van der Waals surface area contributed by atoms with Crippen LogP contribution >= 0.6 is 0 Å². The summed E-state index contributed by atoms with van der Waals surface area (Å²) in [5, 5.41) is 8.09. The number of nitrogens with zero attached hydrogens (tertiary/aromatic N) is 4. The number of benzene rings is 1. The molecule has 0 spiro atoms. The number of carbonyl (C=O) groups excluding carboxylic acids is 1. The first-order valence-electron chi connectivity index (χ1n) is 8.37. The van der Waals surface area contributed by atoms with Gasteiger partial charge in [0.25, 0.3) is 0 Å². The van der Waals surface area contributed by atoms with Crippen molar-refractivity contribution in [3.8, 4) is 0 Å². The molecular weight excluding hydrogens is 302 g/mol. The average Bonchev–Trinajstić information content (AvgIpc) is 2.62. The van der Waals surface area contributed by atoms with Gasteiger partial charge in [0, 0.05) is 22.9 Å². The van der Waals surface area contributed by atoms with Crippen molar-refractivity contribution in [3.63, 3.8) is 0 Å². The van der Waals surface area contributed by atoms with Gasteiger partial charge >= 0.3 is 0 Å². The molecule has 1 aromatic carbocycles. The number of carbonyl (C=O) groups is 1. The minimum Gasteiger partial charge on any atom is -0.317 e. The molecule has 0 radical (unpaired) electrons. The molecule has 1 aliphatic heterocycles. The molecule has 1 fully saturated rings. The maximum absolute atomic E-state index is 12.6. The molecule has 6 heteroatoms. The summed E-state index contributed by atoms with van der Waals surface area (Å²) in [6.45, 7) is 1.94. The van der Waals surface area contributed by atoms with E-state index in [1.807, 2.05) is 30.3 Å². The summed E-state index contributed by atoms with van der Waals surface area (Å²) in [4.78, 5) is 19.9. The van der Waals surface area contributed by atoms with Crippen molar-refractivity contribution in [1.29, 1.82) is 0 Å². The fourth-order valence-electron chi connectivity index (χ4n) is 3.27. The Hall–Kier alpha value is -2.43. The zero-order chi connectivity index (χ0) is 16.8. The van der Waals surface area contributed by atoms with Gasteiger partial charge in [-0.2, -0.15) is 0 Å². The molecule has 0 unspecified atom stereocenters. The van der Waals surface area contributed by atoms with Crippen LogP contribution in [0.1, 0.15) is 24.8 Å². The Morgan fingerprint density at radius 3 is 2.96 bits per heavy atom. The van der Waals surface area contributed by atoms with Crippen molar-refractivity contribution in [2.75, 3.05) is 13.1 Å². The van der Waals surface area contributed by atoms with Crippen molar-refractivity contribution in [2.45, 2.75) is 31.7 Å². The maximum Gasteiger partial charge on any atom is 0.146 e. The predicted molar refractivity (Wildman–Crippen MR) is 93.6 cm³/mol. The van der Waals surface area contributed by atoms with Gasteiger partial charge < -0.3 is 5.32 Å². The Bertz CT molecular complexity index is 763. The lowest BCUT2D eigenvalue weighted by molar-refractivity contribution is -0.120. The summed E-state index contributed by atoms with van der Waals surface area (Å²) in [7, 11) is 0. The fraction of sp³-hybridized carbons (Fsp3) is 0.444. The normalized spacial score (nSPS) is 16.5. The second-order valence-electron chi connectivity index (χ2n) is 6.33. The Morgan fingerprint density at radius 2 is 2.17 bits per heavy atom. The first-order valence-corrected chi connectivity index (χ1v) is 8.37. The van der Waals surface area contributed by atoms with E-state index >= 15 is 0 Å². The third kappa shape index (κ3) is 4.10. The topological polar surface area (TPSA) is 90.8 Å². The highest BCUT2D eigenvalue weighted by atomic mass is 16.1. The maximum atomic E-state index is 12.6. The lowest BCUT2D eigenvalue weighted by Crippen LogP contribution is -2.31. The van der Waals surface area contributed by atoms with Crippen molar-refractivity contribution in [2.24, 2.45) is 11.0 Å². The second kappa shape index (κ2) is 7.90. The van der Waals surface area contributed by atoms with Crippen LogP contribution in [-0.4, -0.2) is 29.9 Å². The van der Waals surface area contributed by atoms with E-state index in [-0.39, 0.29) is 12.2 Å². The smallest absolute Gasteiger partial charge is 0.146 e. The predicted octanol–water partition coefficient (Wildman–Crippen LogP) is 3.42. The van der Waals surface area contributed by atoms with Gasteiger partial charge in [0.1, 0.15) is 5.78 Å². The summed E-state index contributed by atoms with van der Waals surface area (Å²) in [5.74, 6) is 0.420. The first kappa shape index (κ1) is 16.4. The van der Waals surface area contributed by atoms with Crippen LogP contribution in [0.25, 0.3) is 21.3 Å². The van der Waals surface area contributed by atoms with Crippen LogP contribution in [-0.2, 0) is 11.2 Å². The SMILES string of the molecule is [N-]=[N+]=N[C@@H](CC1CCNCC1)C(=O)Cc1cnc2ccccc2c1. The Labute approximate surface area is 140 Å². The number of para-hydroxylation sites is 1. The van der Waals surface area contributed by atoms with Gasteiger partial charge in [-0.15, -0.1) is 0 Å². The molecule has 24 heavy (non-hydrogen) atoms. The molecule has 0 bridgehead atoms. The van der Waals surface area contributed by atoms with E-state index in [0.29, 0.717) is 12.3 Å². The van der Waals surface area contributed by atoms with Gasteiger partial charge in [-0.05, 0) is 61.5 Å². The number of rotatable bonds is 6. The van der Waals surface area contributed by atoms with Crippen LogP contribution in [0.4, 0.5) is 0 Å². The summed E-state index contributed by atoms with van der Waals surface area (Å²) in [5.41, 5.74) is 10.6. The van der Waals surface area contributed by atoms with Gasteiger partial charge in [-0.1, -0.05) is 23.3 Å². The molecule has 0 aliphatic carbocycles. The molecule has 1 saturated heterocycles. The second-order valence-corrected chi connectivity index (χ2v) is 6.33. The van der Waals surface area contributed by atoms with Crippen LogP contribution in [0.2, 0.25) is 0 Å². The van der Waals surface area contributed by atoms with E-state index in [2.05, 4.69) is 20.3 Å². The van der Waals surface area contributed by atoms with E-state index in [1.54, 1.807) is 6.20 Å². The average molecular weight is 323 g/mol. The number of hydrogen-bond acceptors (Lipinski definition) is 4. The quantitative estimate of drug-likeness (QED) is 0.501. The zero-order valence-corrected chi connectivity index (χ0v) is 13.6. The number of ketones is 1. The van der Waals surface area contributed by atoms with Crippen molar-refractivity contribution in [3.05, 3.63) is 52.5 Å². The van der Waals surface area contributed by atoms with E-state index in [1.165, 1.54) is 0 Å². The van der Waals surface area contributed by atoms with E-state index in [9.17, 15) is 4.79 Å². The van der Waals surface area contributed by atoms with Gasteiger partial charge in [-0.25, -0.2) is 0 Å². The molecule has 1 atom stereocenters. The lowest BCUT2D eigenvalue weighted by atomic mass is 9.89. The Morgan fingerprint density at radius 1 is 1.38 bits per heavy atom. The third-order valence-corrected chi connectivity index (χ3v) is 4.60.